The first kappa shape index (κ1) is 14.4. The Hall–Kier alpha value is -2.00. The minimum absolute atomic E-state index is 0.0127. The van der Waals surface area contributed by atoms with E-state index in [1.807, 2.05) is 0 Å². The second-order valence-electron chi connectivity index (χ2n) is 4.02. The van der Waals surface area contributed by atoms with Crippen molar-refractivity contribution in [3.63, 3.8) is 0 Å². The number of rotatable bonds is 4. The zero-order chi connectivity index (χ0) is 14.9. The molecule has 2 aromatic rings. The summed E-state index contributed by atoms with van der Waals surface area (Å²) >= 11 is 4.70. The molecule has 106 valence electrons. The number of nitrogens with two attached hydrogens (primary N) is 1. The summed E-state index contributed by atoms with van der Waals surface area (Å²) in [6.07, 6.45) is 1.19. The Bertz CT molecular complexity index is 770. The maximum atomic E-state index is 13.4. The SMILES string of the molecule is Cc1[nH]ncc1S(=O)(=O)Nc1ccc(F)c(C(N)=S)c1. The number of nitrogens with zero attached hydrogens (tertiary/aromatic N) is 1. The molecule has 1 aromatic carbocycles. The van der Waals surface area contributed by atoms with Crippen molar-refractivity contribution in [3.05, 3.63) is 41.5 Å². The van der Waals surface area contributed by atoms with Gasteiger partial charge in [-0.05, 0) is 25.1 Å². The van der Waals surface area contributed by atoms with E-state index in [0.29, 0.717) is 5.69 Å². The van der Waals surface area contributed by atoms with E-state index in [0.717, 1.165) is 6.07 Å². The van der Waals surface area contributed by atoms with Crippen molar-refractivity contribution in [2.45, 2.75) is 11.8 Å². The van der Waals surface area contributed by atoms with Crippen LogP contribution in [0.4, 0.5) is 10.1 Å². The largest absolute Gasteiger partial charge is 0.389 e. The minimum Gasteiger partial charge on any atom is -0.389 e. The highest BCUT2D eigenvalue weighted by Gasteiger charge is 2.19. The van der Waals surface area contributed by atoms with E-state index in [9.17, 15) is 12.8 Å². The Kier molecular flexibility index (Phi) is 3.73. The summed E-state index contributed by atoms with van der Waals surface area (Å²) in [5.41, 5.74) is 5.90. The lowest BCUT2D eigenvalue weighted by molar-refractivity contribution is 0.600. The second-order valence-corrected chi connectivity index (χ2v) is 6.11. The van der Waals surface area contributed by atoms with Crippen LogP contribution in [0.5, 0.6) is 0 Å². The summed E-state index contributed by atoms with van der Waals surface area (Å²) in [7, 11) is -3.81. The van der Waals surface area contributed by atoms with E-state index in [1.165, 1.54) is 18.3 Å². The molecule has 1 aromatic heterocycles. The Morgan fingerprint density at radius 3 is 2.75 bits per heavy atom. The molecule has 0 saturated carbocycles. The summed E-state index contributed by atoms with van der Waals surface area (Å²) in [6, 6.07) is 3.61. The van der Waals surface area contributed by atoms with Gasteiger partial charge in [0, 0.05) is 11.3 Å². The number of hydrogen-bond donors (Lipinski definition) is 3. The van der Waals surface area contributed by atoms with Crippen molar-refractivity contribution in [2.24, 2.45) is 5.73 Å². The van der Waals surface area contributed by atoms with Crippen LogP contribution in [0.15, 0.2) is 29.3 Å². The summed E-state index contributed by atoms with van der Waals surface area (Å²) < 4.78 is 40.0. The number of aromatic amines is 1. The number of benzene rings is 1. The Morgan fingerprint density at radius 2 is 2.20 bits per heavy atom. The number of aromatic nitrogens is 2. The van der Waals surface area contributed by atoms with Crippen LogP contribution in [0.2, 0.25) is 0 Å². The van der Waals surface area contributed by atoms with Gasteiger partial charge in [0.25, 0.3) is 10.0 Å². The highest BCUT2D eigenvalue weighted by molar-refractivity contribution is 7.92. The lowest BCUT2D eigenvalue weighted by Crippen LogP contribution is -2.16. The smallest absolute Gasteiger partial charge is 0.265 e. The van der Waals surface area contributed by atoms with Gasteiger partial charge < -0.3 is 5.73 Å². The molecule has 9 heteroatoms. The van der Waals surface area contributed by atoms with Crippen LogP contribution in [-0.2, 0) is 10.0 Å². The summed E-state index contributed by atoms with van der Waals surface area (Å²) in [5, 5.41) is 6.17. The van der Waals surface area contributed by atoms with Crippen LogP contribution in [0.25, 0.3) is 0 Å². The van der Waals surface area contributed by atoms with Crippen LogP contribution in [0.1, 0.15) is 11.3 Å². The molecule has 0 amide bonds. The molecule has 0 spiro atoms. The predicted octanol–water partition coefficient (Wildman–Crippen LogP) is 1.29. The van der Waals surface area contributed by atoms with E-state index < -0.39 is 15.8 Å². The third-order valence-electron chi connectivity index (χ3n) is 2.56. The van der Waals surface area contributed by atoms with Gasteiger partial charge in [-0.25, -0.2) is 12.8 Å². The van der Waals surface area contributed by atoms with Crippen LogP contribution >= 0.6 is 12.2 Å². The average Bonchev–Trinajstić information content (AvgIpc) is 2.78. The van der Waals surface area contributed by atoms with E-state index >= 15 is 0 Å². The van der Waals surface area contributed by atoms with Gasteiger partial charge in [0.1, 0.15) is 15.7 Å². The van der Waals surface area contributed by atoms with Crippen molar-refractivity contribution in [1.82, 2.24) is 10.2 Å². The first-order valence-corrected chi connectivity index (χ1v) is 7.32. The maximum absolute atomic E-state index is 13.4. The lowest BCUT2D eigenvalue weighted by Gasteiger charge is -2.09. The Balaban J connectivity index is 2.38. The molecule has 0 fully saturated rings. The molecular weight excluding hydrogens is 303 g/mol. The van der Waals surface area contributed by atoms with E-state index in [2.05, 4.69) is 14.9 Å². The third kappa shape index (κ3) is 2.78. The van der Waals surface area contributed by atoms with Gasteiger partial charge in [0.05, 0.1) is 11.9 Å². The van der Waals surface area contributed by atoms with Gasteiger partial charge in [0.2, 0.25) is 0 Å². The number of sulfonamides is 1. The second kappa shape index (κ2) is 5.17. The number of halogens is 1. The monoisotopic (exact) mass is 314 g/mol. The number of thiocarbonyl (C=S) groups is 1. The van der Waals surface area contributed by atoms with Gasteiger partial charge in [-0.15, -0.1) is 0 Å². The molecule has 0 aliphatic rings. The predicted molar refractivity (Wildman–Crippen MR) is 76.4 cm³/mol. The summed E-state index contributed by atoms with van der Waals surface area (Å²) in [5.74, 6) is -0.611. The van der Waals surface area contributed by atoms with E-state index in [-0.39, 0.29) is 21.1 Å². The van der Waals surface area contributed by atoms with Gasteiger partial charge >= 0.3 is 0 Å². The van der Waals surface area contributed by atoms with Gasteiger partial charge in [-0.2, -0.15) is 5.10 Å². The Labute approximate surface area is 120 Å². The van der Waals surface area contributed by atoms with Crippen molar-refractivity contribution in [1.29, 1.82) is 0 Å². The molecule has 0 aliphatic heterocycles. The van der Waals surface area contributed by atoms with Crippen molar-refractivity contribution < 1.29 is 12.8 Å². The summed E-state index contributed by atoms with van der Waals surface area (Å²) in [4.78, 5) is -0.137. The van der Waals surface area contributed by atoms with Crippen molar-refractivity contribution in [2.75, 3.05) is 4.72 Å². The quantitative estimate of drug-likeness (QED) is 0.738. The molecule has 0 unspecified atom stereocenters. The maximum Gasteiger partial charge on any atom is 0.265 e. The van der Waals surface area contributed by atoms with Gasteiger partial charge in [-0.3, -0.25) is 9.82 Å². The minimum atomic E-state index is -3.81. The molecule has 6 nitrogen and oxygen atoms in total. The van der Waals surface area contributed by atoms with Crippen LogP contribution < -0.4 is 10.5 Å². The van der Waals surface area contributed by atoms with Crippen LogP contribution in [0, 0.1) is 12.7 Å². The number of hydrogen-bond acceptors (Lipinski definition) is 4. The van der Waals surface area contributed by atoms with Gasteiger partial charge in [0.15, 0.2) is 0 Å². The number of H-pyrrole nitrogens is 1. The first-order valence-electron chi connectivity index (χ1n) is 5.43. The molecule has 0 radical (unpaired) electrons. The lowest BCUT2D eigenvalue weighted by atomic mass is 10.2. The molecule has 0 aliphatic carbocycles. The third-order valence-corrected chi connectivity index (χ3v) is 4.27. The fourth-order valence-corrected chi connectivity index (χ4v) is 2.94. The fourth-order valence-electron chi connectivity index (χ4n) is 1.60. The summed E-state index contributed by atoms with van der Waals surface area (Å²) in [6.45, 7) is 1.58. The standard InChI is InChI=1S/C11H11FN4O2S2/c1-6-10(5-14-15-6)20(17,18)16-7-2-3-9(12)8(4-7)11(13)19/h2-5,16H,1H3,(H2,13,19)(H,14,15). The molecular formula is C11H11FN4O2S2. The Morgan fingerprint density at radius 1 is 1.50 bits per heavy atom. The topological polar surface area (TPSA) is 101 Å². The fraction of sp³-hybridized carbons (Fsp3) is 0.0909. The molecule has 0 bridgehead atoms. The number of anilines is 1. The van der Waals surface area contributed by atoms with Crippen molar-refractivity contribution >= 4 is 32.9 Å². The molecule has 0 saturated heterocycles. The number of nitrogens with one attached hydrogen (secondary N) is 2. The van der Waals surface area contributed by atoms with Crippen LogP contribution in [-0.4, -0.2) is 23.6 Å². The highest BCUT2D eigenvalue weighted by Crippen LogP contribution is 2.20. The molecule has 4 N–H and O–H groups in total. The van der Waals surface area contributed by atoms with Gasteiger partial charge in [-0.1, -0.05) is 12.2 Å². The molecule has 20 heavy (non-hydrogen) atoms. The zero-order valence-corrected chi connectivity index (χ0v) is 12.0. The normalized spacial score (nSPS) is 11.3. The zero-order valence-electron chi connectivity index (χ0n) is 10.3. The number of aryl methyl sites for hydroxylation is 1. The highest BCUT2D eigenvalue weighted by atomic mass is 32.2. The van der Waals surface area contributed by atoms with E-state index in [1.54, 1.807) is 6.92 Å². The van der Waals surface area contributed by atoms with Crippen LogP contribution in [0.3, 0.4) is 0 Å². The van der Waals surface area contributed by atoms with E-state index in [4.69, 9.17) is 18.0 Å². The van der Waals surface area contributed by atoms with Crippen molar-refractivity contribution in [3.8, 4) is 0 Å². The first-order chi connectivity index (χ1) is 9.31. The molecule has 1 heterocycles. The molecule has 2 rings (SSSR count). The average molecular weight is 314 g/mol. The molecule has 0 atom stereocenters.